The molecule has 5 rings (SSSR count). The maximum absolute atomic E-state index is 13.5. The van der Waals surface area contributed by atoms with Crippen LogP contribution in [-0.4, -0.2) is 22.4 Å². The van der Waals surface area contributed by atoms with Crippen molar-refractivity contribution in [3.8, 4) is 0 Å². The Morgan fingerprint density at radius 2 is 1.71 bits per heavy atom. The van der Waals surface area contributed by atoms with E-state index in [0.717, 1.165) is 0 Å². The summed E-state index contributed by atoms with van der Waals surface area (Å²) >= 11 is 5.91. The first-order valence-electron chi connectivity index (χ1n) is 10.1. The summed E-state index contributed by atoms with van der Waals surface area (Å²) in [4.78, 5) is 17.4. The molecule has 0 bridgehead atoms. The van der Waals surface area contributed by atoms with Crippen molar-refractivity contribution in [3.63, 3.8) is 0 Å². The number of pyridine rings is 2. The van der Waals surface area contributed by atoms with Gasteiger partial charge in [0.2, 0.25) is 9.84 Å². The Morgan fingerprint density at radius 3 is 2.41 bits per heavy atom. The van der Waals surface area contributed by atoms with Crippen LogP contribution in [0.1, 0.15) is 5.56 Å². The second-order valence-electron chi connectivity index (χ2n) is 7.61. The molecule has 0 aliphatic rings. The summed E-state index contributed by atoms with van der Waals surface area (Å²) in [5.74, 6) is -0.425. The molecule has 1 N–H and O–H groups in total. The smallest absolute Gasteiger partial charge is 0.267 e. The topological polar surface area (TPSA) is 97.3 Å². The first kappa shape index (κ1) is 22.0. The molecule has 34 heavy (non-hydrogen) atoms. The SMILES string of the molecule is N=c1c(S(=O)(=O)c2ccc(Cl)cc2)cc2c(=O)n3ccccc3nc2n1Cc1ccc(F)cc1. The number of fused-ring (bicyclic) bond motifs is 2. The number of halogens is 2. The maximum atomic E-state index is 13.5. The fraction of sp³-hybridized carbons (Fsp3) is 0.0417. The molecule has 0 radical (unpaired) electrons. The van der Waals surface area contributed by atoms with Gasteiger partial charge >= 0.3 is 0 Å². The van der Waals surface area contributed by atoms with Gasteiger partial charge in [0.1, 0.15) is 27.5 Å². The predicted molar refractivity (Wildman–Crippen MR) is 125 cm³/mol. The number of hydrogen-bond donors (Lipinski definition) is 1. The standard InChI is InChI=1S/C24H16ClFN4O3S/c25-16-6-10-18(11-7-16)34(32,33)20-13-19-23(28-21-3-1-2-12-29(21)24(19)31)30(22(20)27)14-15-4-8-17(26)9-5-15/h1-13,27H,14H2. The Bertz CT molecular complexity index is 1800. The number of benzene rings is 2. The van der Waals surface area contributed by atoms with Crippen molar-refractivity contribution < 1.29 is 12.8 Å². The van der Waals surface area contributed by atoms with Crippen LogP contribution in [0.3, 0.4) is 0 Å². The lowest BCUT2D eigenvalue weighted by Gasteiger charge is -2.15. The predicted octanol–water partition coefficient (Wildman–Crippen LogP) is 3.80. The average molecular weight is 495 g/mol. The monoisotopic (exact) mass is 494 g/mol. The minimum Gasteiger partial charge on any atom is -0.305 e. The highest BCUT2D eigenvalue weighted by atomic mass is 35.5. The Labute approximate surface area is 197 Å². The maximum Gasteiger partial charge on any atom is 0.267 e. The summed E-state index contributed by atoms with van der Waals surface area (Å²) in [6.07, 6.45) is 1.54. The van der Waals surface area contributed by atoms with E-state index in [2.05, 4.69) is 4.98 Å². The zero-order chi connectivity index (χ0) is 24.0. The molecule has 5 aromatic rings. The molecule has 0 saturated carbocycles. The van der Waals surface area contributed by atoms with E-state index < -0.39 is 21.2 Å². The first-order chi connectivity index (χ1) is 16.3. The van der Waals surface area contributed by atoms with E-state index in [1.54, 1.807) is 18.2 Å². The van der Waals surface area contributed by atoms with E-state index in [9.17, 15) is 17.6 Å². The number of aromatic nitrogens is 3. The molecule has 170 valence electrons. The molecule has 3 heterocycles. The van der Waals surface area contributed by atoms with Gasteiger partial charge in [0.15, 0.2) is 0 Å². The van der Waals surface area contributed by atoms with Gasteiger partial charge in [-0.3, -0.25) is 14.6 Å². The summed E-state index contributed by atoms with van der Waals surface area (Å²) in [6, 6.07) is 17.4. The lowest BCUT2D eigenvalue weighted by molar-refractivity contribution is 0.591. The van der Waals surface area contributed by atoms with Crippen LogP contribution < -0.4 is 11.0 Å². The van der Waals surface area contributed by atoms with Crippen LogP contribution >= 0.6 is 11.6 Å². The van der Waals surface area contributed by atoms with Crippen LogP contribution in [0.4, 0.5) is 4.39 Å². The Hall–Kier alpha value is -3.82. The highest BCUT2D eigenvalue weighted by molar-refractivity contribution is 7.91. The summed E-state index contributed by atoms with van der Waals surface area (Å²) < 4.78 is 43.0. The molecule has 7 nitrogen and oxygen atoms in total. The van der Waals surface area contributed by atoms with Gasteiger partial charge in [0, 0.05) is 11.2 Å². The van der Waals surface area contributed by atoms with Gasteiger partial charge in [-0.05, 0) is 60.2 Å². The summed E-state index contributed by atoms with van der Waals surface area (Å²) in [7, 11) is -4.17. The number of nitrogens with one attached hydrogen (secondary N) is 1. The molecule has 0 atom stereocenters. The number of nitrogens with zero attached hydrogens (tertiary/aromatic N) is 3. The van der Waals surface area contributed by atoms with E-state index in [1.807, 2.05) is 0 Å². The highest BCUT2D eigenvalue weighted by Gasteiger charge is 2.24. The van der Waals surface area contributed by atoms with Gasteiger partial charge in [-0.2, -0.15) is 0 Å². The Morgan fingerprint density at radius 1 is 1.00 bits per heavy atom. The van der Waals surface area contributed by atoms with Gasteiger partial charge in [0.25, 0.3) is 5.56 Å². The zero-order valence-electron chi connectivity index (χ0n) is 17.4. The molecular formula is C24H16ClFN4O3S. The van der Waals surface area contributed by atoms with Crippen molar-refractivity contribution in [1.82, 2.24) is 14.0 Å². The van der Waals surface area contributed by atoms with Crippen LogP contribution in [-0.2, 0) is 16.4 Å². The van der Waals surface area contributed by atoms with Gasteiger partial charge in [-0.15, -0.1) is 0 Å². The first-order valence-corrected chi connectivity index (χ1v) is 12.0. The van der Waals surface area contributed by atoms with Crippen molar-refractivity contribution in [1.29, 1.82) is 5.41 Å². The highest BCUT2D eigenvalue weighted by Crippen LogP contribution is 2.22. The molecule has 0 fully saturated rings. The van der Waals surface area contributed by atoms with Crippen LogP contribution in [0.15, 0.2) is 93.6 Å². The molecule has 10 heteroatoms. The molecular weight excluding hydrogens is 479 g/mol. The normalized spacial score (nSPS) is 11.8. The van der Waals surface area contributed by atoms with E-state index >= 15 is 0 Å². The molecule has 0 unspecified atom stereocenters. The minimum atomic E-state index is -4.17. The zero-order valence-corrected chi connectivity index (χ0v) is 19.0. The van der Waals surface area contributed by atoms with Gasteiger partial charge in [-0.1, -0.05) is 29.8 Å². The molecule has 0 aliphatic heterocycles. The summed E-state index contributed by atoms with van der Waals surface area (Å²) in [5.41, 5.74) is 0.290. The van der Waals surface area contributed by atoms with Crippen molar-refractivity contribution in [2.75, 3.05) is 0 Å². The molecule has 0 amide bonds. The molecule has 3 aromatic heterocycles. The van der Waals surface area contributed by atoms with Crippen molar-refractivity contribution in [3.05, 3.63) is 111 Å². The summed E-state index contributed by atoms with van der Waals surface area (Å²) in [6.45, 7) is 0.00897. The van der Waals surface area contributed by atoms with Crippen molar-refractivity contribution in [2.24, 2.45) is 0 Å². The second kappa shape index (κ2) is 8.19. The van der Waals surface area contributed by atoms with E-state index in [0.29, 0.717) is 16.2 Å². The number of sulfone groups is 1. The van der Waals surface area contributed by atoms with Crippen LogP contribution in [0.2, 0.25) is 5.02 Å². The van der Waals surface area contributed by atoms with Crippen LogP contribution in [0, 0.1) is 11.2 Å². The third-order valence-electron chi connectivity index (χ3n) is 5.45. The third kappa shape index (κ3) is 3.68. The average Bonchev–Trinajstić information content (AvgIpc) is 2.82. The quantitative estimate of drug-likeness (QED) is 0.384. The lowest BCUT2D eigenvalue weighted by Crippen LogP contribution is -2.30. The van der Waals surface area contributed by atoms with Crippen molar-refractivity contribution >= 4 is 38.1 Å². The molecule has 0 spiro atoms. The third-order valence-corrected chi connectivity index (χ3v) is 7.49. The van der Waals surface area contributed by atoms with Gasteiger partial charge in [0.05, 0.1) is 16.8 Å². The molecule has 0 saturated heterocycles. The van der Waals surface area contributed by atoms with Crippen LogP contribution in [0.25, 0.3) is 16.7 Å². The van der Waals surface area contributed by atoms with E-state index in [4.69, 9.17) is 17.0 Å². The largest absolute Gasteiger partial charge is 0.305 e. The molecule has 2 aromatic carbocycles. The van der Waals surface area contributed by atoms with Gasteiger partial charge in [-0.25, -0.2) is 17.8 Å². The van der Waals surface area contributed by atoms with E-state index in [-0.39, 0.29) is 32.9 Å². The minimum absolute atomic E-state index is 0.00897. The van der Waals surface area contributed by atoms with Crippen LogP contribution in [0.5, 0.6) is 0 Å². The van der Waals surface area contributed by atoms with Crippen molar-refractivity contribution in [2.45, 2.75) is 16.3 Å². The summed E-state index contributed by atoms with van der Waals surface area (Å²) in [5, 5.41) is 9.18. The fourth-order valence-corrected chi connectivity index (χ4v) is 5.25. The Balaban J connectivity index is 1.86. The second-order valence-corrected chi connectivity index (χ2v) is 9.96. The number of rotatable bonds is 4. The fourth-order valence-electron chi connectivity index (χ4n) is 3.73. The Kier molecular flexibility index (Phi) is 5.30. The lowest BCUT2D eigenvalue weighted by atomic mass is 10.2. The number of hydrogen-bond acceptors (Lipinski definition) is 5. The van der Waals surface area contributed by atoms with Gasteiger partial charge < -0.3 is 4.57 Å². The molecule has 0 aliphatic carbocycles. The van der Waals surface area contributed by atoms with E-state index in [1.165, 1.54) is 69.8 Å².